The summed E-state index contributed by atoms with van der Waals surface area (Å²) in [5.74, 6) is 0.661. The van der Waals surface area contributed by atoms with E-state index in [4.69, 9.17) is 0 Å². The van der Waals surface area contributed by atoms with E-state index in [2.05, 4.69) is 20.6 Å². The van der Waals surface area contributed by atoms with Crippen LogP contribution >= 0.6 is 11.8 Å². The Bertz CT molecular complexity index is 573. The monoisotopic (exact) mass is 338 g/mol. The molecule has 23 heavy (non-hydrogen) atoms. The molecule has 0 fully saturated rings. The van der Waals surface area contributed by atoms with E-state index in [1.165, 1.54) is 11.8 Å². The number of aryl methyl sites for hydroxylation is 1. The van der Waals surface area contributed by atoms with Crippen LogP contribution in [0.5, 0.6) is 0 Å². The van der Waals surface area contributed by atoms with E-state index < -0.39 is 0 Å². The molecule has 0 aliphatic carbocycles. The molecular weight excluding hydrogens is 312 g/mol. The standard InChI is InChI=1S/C16H26N4O2S/c1-9(2)13-19-11(5)12(16(20-13)23-6)15(22)18-8-7-17-14(21)10(3)4/h9-10H,7-8H2,1-6H3,(H,17,21)(H,18,22). The lowest BCUT2D eigenvalue weighted by molar-refractivity contribution is -0.123. The Morgan fingerprint density at radius 2 is 1.70 bits per heavy atom. The first-order chi connectivity index (χ1) is 10.8. The molecule has 2 amide bonds. The van der Waals surface area contributed by atoms with E-state index >= 15 is 0 Å². The van der Waals surface area contributed by atoms with Gasteiger partial charge in [0, 0.05) is 24.9 Å². The maximum Gasteiger partial charge on any atom is 0.255 e. The highest BCUT2D eigenvalue weighted by atomic mass is 32.2. The maximum absolute atomic E-state index is 12.4. The summed E-state index contributed by atoms with van der Waals surface area (Å²) < 4.78 is 0. The average molecular weight is 338 g/mol. The molecule has 6 nitrogen and oxygen atoms in total. The lowest BCUT2D eigenvalue weighted by Gasteiger charge is -2.14. The molecule has 0 spiro atoms. The highest BCUT2D eigenvalue weighted by Crippen LogP contribution is 2.22. The first-order valence-electron chi connectivity index (χ1n) is 7.76. The van der Waals surface area contributed by atoms with E-state index in [9.17, 15) is 9.59 Å². The molecule has 0 bridgehead atoms. The Hall–Kier alpha value is -1.63. The van der Waals surface area contributed by atoms with Crippen molar-refractivity contribution in [2.24, 2.45) is 5.92 Å². The molecule has 0 unspecified atom stereocenters. The van der Waals surface area contributed by atoms with Gasteiger partial charge < -0.3 is 10.6 Å². The molecule has 0 radical (unpaired) electrons. The molecule has 0 atom stereocenters. The van der Waals surface area contributed by atoms with Crippen molar-refractivity contribution in [1.29, 1.82) is 0 Å². The summed E-state index contributed by atoms with van der Waals surface area (Å²) in [7, 11) is 0. The Morgan fingerprint density at radius 3 is 2.22 bits per heavy atom. The number of aromatic nitrogens is 2. The van der Waals surface area contributed by atoms with E-state index in [-0.39, 0.29) is 23.7 Å². The van der Waals surface area contributed by atoms with Gasteiger partial charge in [0.1, 0.15) is 10.9 Å². The number of rotatable bonds is 7. The molecule has 0 saturated heterocycles. The highest BCUT2D eigenvalue weighted by Gasteiger charge is 2.19. The molecule has 1 rings (SSSR count). The quantitative estimate of drug-likeness (QED) is 0.452. The van der Waals surface area contributed by atoms with Crippen LogP contribution in [0.25, 0.3) is 0 Å². The third kappa shape index (κ3) is 5.49. The largest absolute Gasteiger partial charge is 0.354 e. The van der Waals surface area contributed by atoms with Crippen LogP contribution in [0.2, 0.25) is 0 Å². The van der Waals surface area contributed by atoms with Gasteiger partial charge in [-0.2, -0.15) is 0 Å². The van der Waals surface area contributed by atoms with Crippen molar-refractivity contribution in [3.63, 3.8) is 0 Å². The van der Waals surface area contributed by atoms with Crippen LogP contribution in [0.4, 0.5) is 0 Å². The zero-order valence-corrected chi connectivity index (χ0v) is 15.5. The Labute approximate surface area is 142 Å². The van der Waals surface area contributed by atoms with Crippen molar-refractivity contribution < 1.29 is 9.59 Å². The van der Waals surface area contributed by atoms with Crippen LogP contribution in [-0.2, 0) is 4.79 Å². The smallest absolute Gasteiger partial charge is 0.255 e. The van der Waals surface area contributed by atoms with Crippen molar-refractivity contribution >= 4 is 23.6 Å². The van der Waals surface area contributed by atoms with Gasteiger partial charge in [-0.15, -0.1) is 11.8 Å². The number of carbonyl (C=O) groups excluding carboxylic acids is 2. The fourth-order valence-electron chi connectivity index (χ4n) is 1.89. The second-order valence-electron chi connectivity index (χ2n) is 5.91. The van der Waals surface area contributed by atoms with Gasteiger partial charge in [0.25, 0.3) is 5.91 Å². The number of hydrogen-bond acceptors (Lipinski definition) is 5. The van der Waals surface area contributed by atoms with Crippen LogP contribution in [-0.4, -0.2) is 41.1 Å². The minimum atomic E-state index is -0.207. The molecule has 2 N–H and O–H groups in total. The fourth-order valence-corrected chi connectivity index (χ4v) is 2.52. The number of thioether (sulfide) groups is 1. The van der Waals surface area contributed by atoms with E-state index in [1.807, 2.05) is 40.9 Å². The van der Waals surface area contributed by atoms with E-state index in [0.717, 1.165) is 5.82 Å². The summed E-state index contributed by atoms with van der Waals surface area (Å²) in [6.07, 6.45) is 1.89. The summed E-state index contributed by atoms with van der Waals surface area (Å²) in [5.41, 5.74) is 1.19. The second kappa shape index (κ2) is 8.86. The van der Waals surface area contributed by atoms with Crippen LogP contribution in [0.1, 0.15) is 55.5 Å². The van der Waals surface area contributed by atoms with Gasteiger partial charge in [0.2, 0.25) is 5.91 Å². The van der Waals surface area contributed by atoms with Gasteiger partial charge in [-0.05, 0) is 13.2 Å². The number of hydrogen-bond donors (Lipinski definition) is 2. The summed E-state index contributed by atoms with van der Waals surface area (Å²) in [4.78, 5) is 32.8. The molecule has 1 aromatic rings. The number of carbonyl (C=O) groups is 2. The zero-order chi connectivity index (χ0) is 17.6. The second-order valence-corrected chi connectivity index (χ2v) is 6.70. The van der Waals surface area contributed by atoms with E-state index in [0.29, 0.717) is 29.4 Å². The molecule has 128 valence electrons. The fraction of sp³-hybridized carbons (Fsp3) is 0.625. The molecule has 7 heteroatoms. The predicted molar refractivity (Wildman–Crippen MR) is 92.8 cm³/mol. The van der Waals surface area contributed by atoms with E-state index in [1.54, 1.807) is 0 Å². The van der Waals surface area contributed by atoms with Crippen LogP contribution < -0.4 is 10.6 Å². The number of nitrogens with one attached hydrogen (secondary N) is 2. The summed E-state index contributed by atoms with van der Waals surface area (Å²) in [6, 6.07) is 0. The van der Waals surface area contributed by atoms with Crippen molar-refractivity contribution in [2.45, 2.75) is 45.6 Å². The van der Waals surface area contributed by atoms with Gasteiger partial charge in [0.15, 0.2) is 0 Å². The SMILES string of the molecule is CSc1nc(C(C)C)nc(C)c1C(=O)NCCNC(=O)C(C)C. The molecule has 0 aliphatic rings. The lowest BCUT2D eigenvalue weighted by Crippen LogP contribution is -2.36. The minimum absolute atomic E-state index is 0.0233. The topological polar surface area (TPSA) is 84.0 Å². The number of nitrogens with zero attached hydrogens (tertiary/aromatic N) is 2. The Morgan fingerprint density at radius 1 is 1.09 bits per heavy atom. The Kier molecular flexibility index (Phi) is 7.48. The molecule has 0 saturated carbocycles. The van der Waals surface area contributed by atoms with Gasteiger partial charge in [-0.1, -0.05) is 27.7 Å². The highest BCUT2D eigenvalue weighted by molar-refractivity contribution is 7.98. The lowest BCUT2D eigenvalue weighted by atomic mass is 10.1. The summed E-state index contributed by atoms with van der Waals surface area (Å²) in [6.45, 7) is 10.3. The van der Waals surface area contributed by atoms with Crippen molar-refractivity contribution in [1.82, 2.24) is 20.6 Å². The van der Waals surface area contributed by atoms with Gasteiger partial charge in [-0.25, -0.2) is 9.97 Å². The van der Waals surface area contributed by atoms with Crippen LogP contribution in [0.15, 0.2) is 5.03 Å². The third-order valence-electron chi connectivity index (χ3n) is 3.24. The third-order valence-corrected chi connectivity index (χ3v) is 3.93. The van der Waals surface area contributed by atoms with Crippen LogP contribution in [0.3, 0.4) is 0 Å². The zero-order valence-electron chi connectivity index (χ0n) is 14.7. The molecule has 0 aromatic carbocycles. The van der Waals surface area contributed by atoms with Gasteiger partial charge in [0.05, 0.1) is 11.3 Å². The molecule has 0 aliphatic heterocycles. The first kappa shape index (κ1) is 19.4. The van der Waals surface area contributed by atoms with Crippen LogP contribution in [0, 0.1) is 12.8 Å². The first-order valence-corrected chi connectivity index (χ1v) is 8.98. The van der Waals surface area contributed by atoms with Crippen molar-refractivity contribution in [2.75, 3.05) is 19.3 Å². The van der Waals surface area contributed by atoms with Gasteiger partial charge in [-0.3, -0.25) is 9.59 Å². The van der Waals surface area contributed by atoms with Crippen molar-refractivity contribution in [3.05, 3.63) is 17.1 Å². The normalized spacial score (nSPS) is 11.0. The molecule has 1 heterocycles. The molecule has 1 aromatic heterocycles. The average Bonchev–Trinajstić information content (AvgIpc) is 2.49. The Balaban J connectivity index is 2.74. The summed E-state index contributed by atoms with van der Waals surface area (Å²) >= 11 is 1.44. The minimum Gasteiger partial charge on any atom is -0.354 e. The maximum atomic E-state index is 12.4. The number of amides is 2. The molecular formula is C16H26N4O2S. The predicted octanol–water partition coefficient (Wildman–Crippen LogP) is 2.13. The van der Waals surface area contributed by atoms with Crippen molar-refractivity contribution in [3.8, 4) is 0 Å². The van der Waals surface area contributed by atoms with Gasteiger partial charge >= 0.3 is 0 Å². The summed E-state index contributed by atoms with van der Waals surface area (Å²) in [5, 5.41) is 6.26.